The van der Waals surface area contributed by atoms with Gasteiger partial charge in [0.1, 0.15) is 5.97 Å². The molecule has 0 fully saturated rings. The van der Waals surface area contributed by atoms with Gasteiger partial charge in [-0.3, -0.25) is 0 Å². The number of rotatable bonds is 0. The normalized spacial score (nSPS) is 9.44. The number of aliphatic carboxylic acids is 1. The summed E-state index contributed by atoms with van der Waals surface area (Å²) < 4.78 is 31.5. The van der Waals surface area contributed by atoms with Crippen LogP contribution in [-0.4, -0.2) is 12.1 Å². The molecule has 2 nitrogen and oxygen atoms in total. The molecule has 0 aliphatic heterocycles. The van der Waals surface area contributed by atoms with Gasteiger partial charge in [-0.15, -0.1) is 0 Å². The number of carbonyl (C=O) groups excluding carboxylic acids is 1. The van der Waals surface area contributed by atoms with Gasteiger partial charge in [0.25, 0.3) is 0 Å². The summed E-state index contributed by atoms with van der Waals surface area (Å²) in [6, 6.07) is 0. The van der Waals surface area contributed by atoms with Crippen LogP contribution >= 0.6 is 10.1 Å². The predicted molar refractivity (Wildman–Crippen MR) is 16.9 cm³/mol. The summed E-state index contributed by atoms with van der Waals surface area (Å²) in [4.78, 5) is 8.78. The predicted octanol–water partition coefficient (Wildman–Crippen LogP) is -0.0144. The zero-order chi connectivity index (χ0) is 8.08. The molecule has 0 unspecified atom stereocenters. The Morgan fingerprint density at radius 1 is 1.44 bits per heavy atom. The molecule has 0 saturated carbocycles. The van der Waals surface area contributed by atoms with Gasteiger partial charge >= 0.3 is 31.2 Å². The van der Waals surface area contributed by atoms with Gasteiger partial charge < -0.3 is 9.90 Å². The molecule has 0 atom stereocenters. The third kappa shape index (κ3) is 8.06. The van der Waals surface area contributed by atoms with Crippen molar-refractivity contribution in [3.8, 4) is 0 Å². The summed E-state index contributed by atoms with van der Waals surface area (Å²) in [6.07, 6.45) is -5.19. The maximum atomic E-state index is 10.5. The van der Waals surface area contributed by atoms with Crippen LogP contribution in [-0.2, 0) is 19.6 Å². The molecule has 0 aromatic heterocycles. The molecule has 0 bridgehead atoms. The Balaban J connectivity index is 0. The van der Waals surface area contributed by atoms with Gasteiger partial charge in [0.05, 0.1) is 0 Å². The van der Waals surface area contributed by atoms with E-state index in [1.54, 1.807) is 0 Å². The van der Waals surface area contributed by atoms with Crippen molar-refractivity contribution in [2.24, 2.45) is 0 Å². The van der Waals surface area contributed by atoms with E-state index in [1.165, 1.54) is 0 Å². The van der Waals surface area contributed by atoms with Crippen LogP contribution in [0.25, 0.3) is 0 Å². The molecule has 0 heterocycles. The molecule has 57 valence electrons. The molecule has 0 spiro atoms. The molecule has 7 heteroatoms. The van der Waals surface area contributed by atoms with E-state index >= 15 is 0 Å². The molecule has 0 radical (unpaired) electrons. The van der Waals surface area contributed by atoms with Crippen LogP contribution in [0.15, 0.2) is 0 Å². The SMILES string of the molecule is O=C([O-])C(F)(F)F.[Cl][Co+]. The first kappa shape index (κ1) is 11.8. The van der Waals surface area contributed by atoms with Crippen LogP contribution in [0.3, 0.4) is 0 Å². The van der Waals surface area contributed by atoms with Crippen LogP contribution in [0.4, 0.5) is 13.2 Å². The first-order valence-electron chi connectivity index (χ1n) is 1.35. The first-order chi connectivity index (χ1) is 3.94. The molecule has 0 amide bonds. The fraction of sp³-hybridized carbons (Fsp3) is 0.500. The molecule has 0 aromatic carbocycles. The van der Waals surface area contributed by atoms with E-state index < -0.39 is 12.1 Å². The van der Waals surface area contributed by atoms with Crippen molar-refractivity contribution in [1.82, 2.24) is 0 Å². The summed E-state index contributed by atoms with van der Waals surface area (Å²) in [7, 11) is 4.33. The Labute approximate surface area is 60.8 Å². The molecular weight excluding hydrogens is 207 g/mol. The number of carbonyl (C=O) groups is 1. The van der Waals surface area contributed by atoms with Crippen LogP contribution in [0.1, 0.15) is 0 Å². The minimum atomic E-state index is -5.19. The van der Waals surface area contributed by atoms with Gasteiger partial charge in [0, 0.05) is 0 Å². The van der Waals surface area contributed by atoms with Gasteiger partial charge in [-0.2, -0.15) is 13.2 Å². The second kappa shape index (κ2) is 4.89. The molecule has 0 aliphatic carbocycles. The Bertz CT molecular complexity index is 92.3. The number of carboxylic acids is 1. The molecule has 0 rings (SSSR count). The second-order valence-electron chi connectivity index (χ2n) is 0.785. The van der Waals surface area contributed by atoms with Crippen molar-refractivity contribution in [3.05, 3.63) is 0 Å². The van der Waals surface area contributed by atoms with Crippen LogP contribution in [0.2, 0.25) is 0 Å². The van der Waals surface area contributed by atoms with Crippen molar-refractivity contribution < 1.29 is 37.9 Å². The summed E-state index contributed by atoms with van der Waals surface area (Å²) in [5, 5.41) is 8.78. The van der Waals surface area contributed by atoms with Gasteiger partial charge in [-0.25, -0.2) is 0 Å². The van der Waals surface area contributed by atoms with Crippen molar-refractivity contribution >= 4 is 16.1 Å². The number of hydrogen-bond donors (Lipinski definition) is 0. The molecule has 0 aromatic rings. The van der Waals surface area contributed by atoms with E-state index in [-0.39, 0.29) is 0 Å². The quantitative estimate of drug-likeness (QED) is 0.560. The Morgan fingerprint density at radius 3 is 1.56 bits per heavy atom. The molecule has 0 saturated heterocycles. The topological polar surface area (TPSA) is 40.1 Å². The van der Waals surface area contributed by atoms with Crippen LogP contribution in [0.5, 0.6) is 0 Å². The van der Waals surface area contributed by atoms with Crippen LogP contribution < -0.4 is 5.11 Å². The Kier molecular flexibility index (Phi) is 6.42. The standard InChI is InChI=1S/C2HF3O2.ClH.Co/c3-2(4,5)1(6)7;;/h(H,6,7);1H;/q;;+2/p-2. The second-order valence-corrected chi connectivity index (χ2v) is 0.785. The number of carboxylic acid groups (broad SMARTS) is 1. The van der Waals surface area contributed by atoms with E-state index in [0.717, 1.165) is 0 Å². The zero-order valence-corrected chi connectivity index (χ0v) is 5.46. The summed E-state index contributed by atoms with van der Waals surface area (Å²) in [5.74, 6) is -3.01. The monoisotopic (exact) mass is 207 g/mol. The first-order valence-corrected chi connectivity index (χ1v) is 2.78. The van der Waals surface area contributed by atoms with E-state index in [1.807, 2.05) is 0 Å². The maximum absolute atomic E-state index is 10.5. The van der Waals surface area contributed by atoms with E-state index in [4.69, 9.17) is 9.90 Å². The number of alkyl halides is 3. The minimum absolute atomic E-state index is 3.01. The molecule has 0 aliphatic rings. The van der Waals surface area contributed by atoms with E-state index in [0.29, 0.717) is 0 Å². The fourth-order valence-corrected chi connectivity index (χ4v) is 0. The summed E-state index contributed by atoms with van der Waals surface area (Å²) in [5.41, 5.74) is 0. The van der Waals surface area contributed by atoms with Gasteiger partial charge in [0.15, 0.2) is 0 Å². The summed E-state index contributed by atoms with van der Waals surface area (Å²) >= 11 is 3.03. The fourth-order valence-electron chi connectivity index (χ4n) is 0. The molecular formula is C2ClCoF3O2. The Morgan fingerprint density at radius 2 is 1.56 bits per heavy atom. The van der Waals surface area contributed by atoms with E-state index in [9.17, 15) is 13.2 Å². The zero-order valence-electron chi connectivity index (χ0n) is 3.66. The van der Waals surface area contributed by atoms with Gasteiger partial charge in [0.2, 0.25) is 0 Å². The van der Waals surface area contributed by atoms with Crippen molar-refractivity contribution in [1.29, 1.82) is 0 Å². The molecule has 9 heavy (non-hydrogen) atoms. The summed E-state index contributed by atoms with van der Waals surface area (Å²) in [6.45, 7) is 0. The van der Waals surface area contributed by atoms with Crippen molar-refractivity contribution in [2.45, 2.75) is 6.18 Å². The Hall–Kier alpha value is 0.0565. The third-order valence-electron chi connectivity index (χ3n) is 0.231. The number of halogens is 4. The van der Waals surface area contributed by atoms with Gasteiger partial charge in [-0.05, 0) is 0 Å². The number of hydrogen-bond acceptors (Lipinski definition) is 2. The van der Waals surface area contributed by atoms with Crippen molar-refractivity contribution in [2.75, 3.05) is 0 Å². The average Bonchev–Trinajstić information content (AvgIpc) is 1.69. The van der Waals surface area contributed by atoms with Crippen molar-refractivity contribution in [3.63, 3.8) is 0 Å². The van der Waals surface area contributed by atoms with Gasteiger partial charge in [-0.1, -0.05) is 0 Å². The third-order valence-corrected chi connectivity index (χ3v) is 0.231. The molecule has 0 N–H and O–H groups in total. The average molecular weight is 207 g/mol. The van der Waals surface area contributed by atoms with E-state index in [2.05, 4.69) is 25.0 Å². The van der Waals surface area contributed by atoms with Crippen LogP contribution in [0, 0.1) is 0 Å².